The molecular weight excluding hydrogens is 150 g/mol. The summed E-state index contributed by atoms with van der Waals surface area (Å²) in [4.78, 5) is 0. The Labute approximate surface area is 73.3 Å². The van der Waals surface area contributed by atoms with Gasteiger partial charge in [-0.25, -0.2) is 0 Å². The van der Waals surface area contributed by atoms with E-state index in [1.807, 2.05) is 38.1 Å². The Balaban J connectivity index is 2.65. The van der Waals surface area contributed by atoms with Crippen LogP contribution in [-0.4, -0.2) is 6.10 Å². The normalized spacial score (nSPS) is 10.3. The Kier molecular flexibility index (Phi) is 3.11. The van der Waals surface area contributed by atoms with E-state index in [0.29, 0.717) is 6.54 Å². The maximum atomic E-state index is 7.11. The summed E-state index contributed by atoms with van der Waals surface area (Å²) in [7, 11) is 0. The van der Waals surface area contributed by atoms with Crippen LogP contribution in [0.4, 0.5) is 0 Å². The van der Waals surface area contributed by atoms with E-state index in [-0.39, 0.29) is 6.10 Å². The van der Waals surface area contributed by atoms with E-state index in [1.54, 1.807) is 0 Å². The van der Waals surface area contributed by atoms with Gasteiger partial charge in [-0.15, -0.1) is 0 Å². The van der Waals surface area contributed by atoms with E-state index in [4.69, 9.17) is 10.5 Å². The lowest BCUT2D eigenvalue weighted by Gasteiger charge is -2.09. The van der Waals surface area contributed by atoms with Gasteiger partial charge in [0.1, 0.15) is 5.75 Å². The Morgan fingerprint density at radius 3 is 2.25 bits per heavy atom. The Hall–Kier alpha value is -1.02. The summed E-state index contributed by atoms with van der Waals surface area (Å²) < 4.78 is 5.45. The highest BCUT2D eigenvalue weighted by Crippen LogP contribution is 2.13. The van der Waals surface area contributed by atoms with E-state index in [1.165, 1.54) is 0 Å². The lowest BCUT2D eigenvalue weighted by atomic mass is 10.2. The average molecular weight is 164 g/mol. The highest BCUT2D eigenvalue weighted by Gasteiger charge is 1.96. The van der Waals surface area contributed by atoms with Crippen molar-refractivity contribution in [2.45, 2.75) is 26.5 Å². The number of rotatable bonds is 3. The predicted molar refractivity (Wildman–Crippen MR) is 49.0 cm³/mol. The van der Waals surface area contributed by atoms with E-state index < -0.39 is 0 Å². The summed E-state index contributed by atoms with van der Waals surface area (Å²) in [6.07, 6.45) is 0.215. The van der Waals surface area contributed by atoms with E-state index >= 15 is 0 Å². The minimum Gasteiger partial charge on any atom is -0.491 e. The second-order valence-corrected chi connectivity index (χ2v) is 2.99. The molecule has 65 valence electrons. The number of ether oxygens (including phenoxy) is 1. The molecule has 0 saturated heterocycles. The second kappa shape index (κ2) is 4.12. The van der Waals surface area contributed by atoms with Crippen molar-refractivity contribution in [3.8, 4) is 5.75 Å². The number of benzene rings is 1. The maximum Gasteiger partial charge on any atom is 0.119 e. The van der Waals surface area contributed by atoms with Gasteiger partial charge >= 0.3 is 0 Å². The predicted octanol–water partition coefficient (Wildman–Crippen LogP) is 2.26. The molecule has 0 atom stereocenters. The first-order valence-corrected chi connectivity index (χ1v) is 4.12. The fourth-order valence-corrected chi connectivity index (χ4v) is 0.958. The summed E-state index contributed by atoms with van der Waals surface area (Å²) in [5.74, 6) is 0.877. The van der Waals surface area contributed by atoms with Gasteiger partial charge in [0.2, 0.25) is 0 Å². The molecule has 1 aromatic rings. The van der Waals surface area contributed by atoms with E-state index in [9.17, 15) is 0 Å². The lowest BCUT2D eigenvalue weighted by Crippen LogP contribution is -2.05. The highest BCUT2D eigenvalue weighted by molar-refractivity contribution is 5.27. The minimum atomic E-state index is 0.215. The molecule has 1 N–H and O–H groups in total. The van der Waals surface area contributed by atoms with Crippen molar-refractivity contribution in [2.24, 2.45) is 0 Å². The van der Waals surface area contributed by atoms with Gasteiger partial charge < -0.3 is 4.74 Å². The van der Waals surface area contributed by atoms with Gasteiger partial charge in [0.05, 0.1) is 6.10 Å². The minimum absolute atomic E-state index is 0.215. The first kappa shape index (κ1) is 9.07. The van der Waals surface area contributed by atoms with Crippen LogP contribution in [0.3, 0.4) is 0 Å². The number of nitrogens with one attached hydrogen (secondary N) is 1. The standard InChI is InChI=1S/C10H14NO/c1-8(2)12-10-5-3-9(7-11)4-6-10/h3-6,8,11H,7H2,1-2H3. The molecule has 0 spiro atoms. The smallest absolute Gasteiger partial charge is 0.119 e. The molecule has 0 saturated carbocycles. The van der Waals surface area contributed by atoms with Gasteiger partial charge in [0, 0.05) is 6.54 Å². The molecule has 0 bridgehead atoms. The van der Waals surface area contributed by atoms with E-state index in [0.717, 1.165) is 11.3 Å². The molecule has 0 amide bonds. The fourth-order valence-electron chi connectivity index (χ4n) is 0.958. The van der Waals surface area contributed by atoms with Crippen LogP contribution in [0.1, 0.15) is 19.4 Å². The van der Waals surface area contributed by atoms with Crippen LogP contribution in [-0.2, 0) is 6.54 Å². The molecular formula is C10H14NO. The molecule has 1 aromatic carbocycles. The van der Waals surface area contributed by atoms with Crippen LogP contribution >= 0.6 is 0 Å². The van der Waals surface area contributed by atoms with Crippen molar-refractivity contribution >= 4 is 0 Å². The average Bonchev–Trinajstić information content (AvgIpc) is 2.05. The third-order valence-corrected chi connectivity index (χ3v) is 1.50. The van der Waals surface area contributed by atoms with Crippen LogP contribution in [0, 0.1) is 0 Å². The van der Waals surface area contributed by atoms with Crippen LogP contribution in [0.2, 0.25) is 0 Å². The van der Waals surface area contributed by atoms with Crippen molar-refractivity contribution < 1.29 is 4.74 Å². The van der Waals surface area contributed by atoms with Gasteiger partial charge in [0.15, 0.2) is 0 Å². The quantitative estimate of drug-likeness (QED) is 0.674. The molecule has 0 heterocycles. The van der Waals surface area contributed by atoms with Gasteiger partial charge in [-0.2, -0.15) is 0 Å². The SMILES string of the molecule is CC(C)Oc1ccc(C[NH])cc1. The molecule has 0 aliphatic carbocycles. The Bertz CT molecular complexity index is 228. The summed E-state index contributed by atoms with van der Waals surface area (Å²) in [5.41, 5.74) is 8.13. The van der Waals surface area contributed by atoms with E-state index in [2.05, 4.69) is 0 Å². The monoisotopic (exact) mass is 164 g/mol. The zero-order valence-electron chi connectivity index (χ0n) is 7.50. The molecule has 0 aromatic heterocycles. The Morgan fingerprint density at radius 2 is 1.83 bits per heavy atom. The molecule has 0 unspecified atom stereocenters. The molecule has 0 fully saturated rings. The van der Waals surface area contributed by atoms with Gasteiger partial charge in [-0.3, -0.25) is 5.73 Å². The van der Waals surface area contributed by atoms with Crippen LogP contribution in [0.15, 0.2) is 24.3 Å². The molecule has 0 aliphatic rings. The summed E-state index contributed by atoms with van der Waals surface area (Å²) >= 11 is 0. The molecule has 2 nitrogen and oxygen atoms in total. The van der Waals surface area contributed by atoms with Gasteiger partial charge in [-0.05, 0) is 31.5 Å². The molecule has 2 heteroatoms. The molecule has 0 aliphatic heterocycles. The van der Waals surface area contributed by atoms with Crippen molar-refractivity contribution in [1.82, 2.24) is 5.73 Å². The third kappa shape index (κ3) is 2.55. The third-order valence-electron chi connectivity index (χ3n) is 1.50. The van der Waals surface area contributed by atoms with Crippen molar-refractivity contribution in [2.75, 3.05) is 0 Å². The fraction of sp³-hybridized carbons (Fsp3) is 0.400. The highest BCUT2D eigenvalue weighted by atomic mass is 16.5. The van der Waals surface area contributed by atoms with Crippen molar-refractivity contribution in [3.63, 3.8) is 0 Å². The van der Waals surface area contributed by atoms with Gasteiger partial charge in [0.25, 0.3) is 0 Å². The lowest BCUT2D eigenvalue weighted by molar-refractivity contribution is 0.242. The van der Waals surface area contributed by atoms with Crippen molar-refractivity contribution in [3.05, 3.63) is 29.8 Å². The van der Waals surface area contributed by atoms with Crippen molar-refractivity contribution in [1.29, 1.82) is 0 Å². The molecule has 1 rings (SSSR count). The summed E-state index contributed by atoms with van der Waals surface area (Å²) in [6, 6.07) is 7.66. The van der Waals surface area contributed by atoms with Crippen LogP contribution in [0.5, 0.6) is 5.75 Å². The largest absolute Gasteiger partial charge is 0.491 e. The molecule has 1 radical (unpaired) electrons. The second-order valence-electron chi connectivity index (χ2n) is 2.99. The summed E-state index contributed by atoms with van der Waals surface area (Å²) in [6.45, 7) is 4.33. The van der Waals surface area contributed by atoms with Crippen LogP contribution < -0.4 is 10.5 Å². The summed E-state index contributed by atoms with van der Waals surface area (Å²) in [5, 5.41) is 0. The first-order chi connectivity index (χ1) is 5.72. The van der Waals surface area contributed by atoms with Gasteiger partial charge in [-0.1, -0.05) is 12.1 Å². The van der Waals surface area contributed by atoms with Crippen LogP contribution in [0.25, 0.3) is 0 Å². The first-order valence-electron chi connectivity index (χ1n) is 4.12. The topological polar surface area (TPSA) is 33.0 Å². The zero-order chi connectivity index (χ0) is 8.97. The maximum absolute atomic E-state index is 7.11. The Morgan fingerprint density at radius 1 is 1.25 bits per heavy atom. The molecule has 12 heavy (non-hydrogen) atoms. The number of hydrogen-bond donors (Lipinski definition) is 0. The zero-order valence-corrected chi connectivity index (χ0v) is 7.50. The number of hydrogen-bond acceptors (Lipinski definition) is 1.